The zero-order chi connectivity index (χ0) is 47.1. The number of unbranched alkanes of at least 4 members (excludes halogenated alkanes) is 18. The van der Waals surface area contributed by atoms with Crippen LogP contribution in [0.15, 0.2) is 97.2 Å². The Kier molecular flexibility index (Phi) is 43.7. The van der Waals surface area contributed by atoms with Crippen molar-refractivity contribution in [3.8, 4) is 0 Å². The minimum absolute atomic E-state index is 0.0119. The molecule has 3 unspecified atom stereocenters. The van der Waals surface area contributed by atoms with Crippen LogP contribution in [0.1, 0.15) is 194 Å². The van der Waals surface area contributed by atoms with Gasteiger partial charge in [-0.15, -0.1) is 0 Å². The van der Waals surface area contributed by atoms with Crippen molar-refractivity contribution in [3.63, 3.8) is 0 Å². The van der Waals surface area contributed by atoms with Crippen molar-refractivity contribution in [1.82, 2.24) is 5.32 Å². The SMILES string of the molecule is CC/C=C\C/C=C\C/C=C\C/C=C\C/C=C\C/C=C\CCCCCCCCCCCCC(=O)NC(COP(=O)([O-])OCC[N+](C)(C)C)C(O)/C=C/CC/C=C/CCCCCCCCC. The molecular weight excluding hydrogens is 816 g/mol. The Labute approximate surface area is 394 Å². The van der Waals surface area contributed by atoms with Crippen molar-refractivity contribution < 1.29 is 32.9 Å². The Morgan fingerprint density at radius 1 is 0.562 bits per heavy atom. The molecule has 0 spiro atoms. The van der Waals surface area contributed by atoms with Crippen LogP contribution in [0.5, 0.6) is 0 Å². The lowest BCUT2D eigenvalue weighted by Crippen LogP contribution is -2.45. The van der Waals surface area contributed by atoms with E-state index in [-0.39, 0.29) is 12.5 Å². The molecule has 0 radical (unpaired) electrons. The van der Waals surface area contributed by atoms with Crippen LogP contribution in [0.2, 0.25) is 0 Å². The molecule has 0 saturated carbocycles. The van der Waals surface area contributed by atoms with Gasteiger partial charge in [0.15, 0.2) is 0 Å². The van der Waals surface area contributed by atoms with Crippen LogP contribution >= 0.6 is 7.82 Å². The van der Waals surface area contributed by atoms with Crippen LogP contribution in [0.4, 0.5) is 0 Å². The van der Waals surface area contributed by atoms with E-state index in [9.17, 15) is 19.4 Å². The largest absolute Gasteiger partial charge is 0.756 e. The van der Waals surface area contributed by atoms with Crippen LogP contribution in [0.25, 0.3) is 0 Å². The average molecular weight is 913 g/mol. The highest BCUT2D eigenvalue weighted by atomic mass is 31.2. The van der Waals surface area contributed by atoms with Crippen molar-refractivity contribution in [1.29, 1.82) is 0 Å². The Bertz CT molecular complexity index is 1360. The predicted octanol–water partition coefficient (Wildman–Crippen LogP) is 14.5. The molecule has 0 saturated heterocycles. The second-order valence-electron chi connectivity index (χ2n) is 18.1. The number of phosphoric ester groups is 1. The summed E-state index contributed by atoms with van der Waals surface area (Å²) < 4.78 is 23.2. The van der Waals surface area contributed by atoms with Gasteiger partial charge in [0.05, 0.1) is 39.9 Å². The van der Waals surface area contributed by atoms with Crippen molar-refractivity contribution in [2.75, 3.05) is 40.9 Å². The molecule has 0 rings (SSSR count). The van der Waals surface area contributed by atoms with Gasteiger partial charge >= 0.3 is 0 Å². The number of phosphoric acid groups is 1. The number of hydrogen-bond acceptors (Lipinski definition) is 6. The molecule has 64 heavy (non-hydrogen) atoms. The number of hydrogen-bond donors (Lipinski definition) is 2. The topological polar surface area (TPSA) is 108 Å². The zero-order valence-electron chi connectivity index (χ0n) is 41.7. The smallest absolute Gasteiger partial charge is 0.268 e. The van der Waals surface area contributed by atoms with Crippen molar-refractivity contribution >= 4 is 13.7 Å². The number of likely N-dealkylation sites (N-methyl/N-ethyl adjacent to an activating group) is 1. The standard InChI is InChI=1S/C55H97N2O6P/c1-6-8-10-12-14-16-18-20-21-22-23-24-25-26-27-28-29-30-31-32-33-34-35-37-39-41-43-45-47-49-55(59)56-53(52-63-64(60,61)62-51-50-57(3,4)5)54(58)48-46-44-42-40-38-36-19-17-15-13-11-9-7-2/h8,10,14,16,20-21,23-24,26-27,29-30,38,40,46,48,53-54,58H,6-7,9,11-13,15,17-19,22,25,28,31-37,39,41-45,47,49-52H2,1-5H3,(H-,56,59,60,61)/b10-8-,16-14-,21-20-,24-23-,27-26-,30-29-,40-38+,48-46+. The Hall–Kier alpha value is -2.58. The zero-order valence-corrected chi connectivity index (χ0v) is 42.6. The number of carbonyl (C=O) groups excluding carboxylic acids is 1. The number of nitrogens with one attached hydrogen (secondary N) is 1. The second-order valence-corrected chi connectivity index (χ2v) is 19.5. The molecule has 0 aromatic carbocycles. The third-order valence-electron chi connectivity index (χ3n) is 10.8. The molecule has 9 heteroatoms. The summed E-state index contributed by atoms with van der Waals surface area (Å²) in [5, 5.41) is 13.8. The van der Waals surface area contributed by atoms with Crippen LogP contribution in [-0.2, 0) is 18.4 Å². The predicted molar refractivity (Wildman–Crippen MR) is 274 cm³/mol. The monoisotopic (exact) mass is 913 g/mol. The molecule has 0 aliphatic carbocycles. The summed E-state index contributed by atoms with van der Waals surface area (Å²) >= 11 is 0. The lowest BCUT2D eigenvalue weighted by atomic mass is 10.0. The molecule has 0 fully saturated rings. The van der Waals surface area contributed by atoms with E-state index in [1.807, 2.05) is 27.2 Å². The molecule has 0 aliphatic heterocycles. The molecule has 8 nitrogen and oxygen atoms in total. The number of carbonyl (C=O) groups is 1. The first-order chi connectivity index (χ1) is 31.0. The van der Waals surface area contributed by atoms with E-state index in [0.29, 0.717) is 17.4 Å². The summed E-state index contributed by atoms with van der Waals surface area (Å²) in [7, 11) is 1.23. The lowest BCUT2D eigenvalue weighted by Gasteiger charge is -2.29. The number of aliphatic hydroxyl groups excluding tert-OH is 1. The highest BCUT2D eigenvalue weighted by molar-refractivity contribution is 7.45. The van der Waals surface area contributed by atoms with E-state index in [0.717, 1.165) is 83.5 Å². The first kappa shape index (κ1) is 61.4. The van der Waals surface area contributed by atoms with E-state index in [2.05, 4.69) is 104 Å². The highest BCUT2D eigenvalue weighted by Crippen LogP contribution is 2.38. The van der Waals surface area contributed by atoms with Crippen molar-refractivity contribution in [2.45, 2.75) is 206 Å². The first-order valence-electron chi connectivity index (χ1n) is 25.6. The van der Waals surface area contributed by atoms with Crippen LogP contribution < -0.4 is 10.2 Å². The van der Waals surface area contributed by atoms with Gasteiger partial charge in [0, 0.05) is 6.42 Å². The number of quaternary nitrogens is 1. The van der Waals surface area contributed by atoms with E-state index < -0.39 is 26.6 Å². The molecule has 0 aliphatic rings. The Morgan fingerprint density at radius 2 is 0.969 bits per heavy atom. The van der Waals surface area contributed by atoms with Crippen LogP contribution in [0, 0.1) is 0 Å². The summed E-state index contributed by atoms with van der Waals surface area (Å²) in [6.45, 7) is 4.48. The summed E-state index contributed by atoms with van der Waals surface area (Å²) in [4.78, 5) is 25.4. The number of aliphatic hydroxyl groups is 1. The number of rotatable bonds is 45. The first-order valence-corrected chi connectivity index (χ1v) is 27.1. The molecule has 0 bridgehead atoms. The van der Waals surface area contributed by atoms with Crippen LogP contribution in [-0.4, -0.2) is 68.5 Å². The summed E-state index contributed by atoms with van der Waals surface area (Å²) in [6, 6.07) is -0.911. The minimum Gasteiger partial charge on any atom is -0.756 e. The van der Waals surface area contributed by atoms with Gasteiger partial charge in [0.2, 0.25) is 5.91 Å². The minimum atomic E-state index is -4.60. The lowest BCUT2D eigenvalue weighted by molar-refractivity contribution is -0.870. The highest BCUT2D eigenvalue weighted by Gasteiger charge is 2.23. The second kappa shape index (κ2) is 45.6. The number of allylic oxidation sites excluding steroid dienone is 15. The maximum absolute atomic E-state index is 12.9. The van der Waals surface area contributed by atoms with Gasteiger partial charge in [-0.25, -0.2) is 0 Å². The molecule has 0 aromatic heterocycles. The maximum atomic E-state index is 12.9. The van der Waals surface area contributed by atoms with Gasteiger partial charge in [-0.1, -0.05) is 201 Å². The van der Waals surface area contributed by atoms with E-state index in [1.54, 1.807) is 6.08 Å². The molecule has 0 heterocycles. The van der Waals surface area contributed by atoms with Crippen molar-refractivity contribution in [3.05, 3.63) is 97.2 Å². The summed E-state index contributed by atoms with van der Waals surface area (Å²) in [6.07, 6.45) is 64.7. The quantitative estimate of drug-likeness (QED) is 0.0273. The maximum Gasteiger partial charge on any atom is 0.268 e. The fourth-order valence-corrected chi connectivity index (χ4v) is 7.48. The van der Waals surface area contributed by atoms with Gasteiger partial charge < -0.3 is 28.8 Å². The van der Waals surface area contributed by atoms with Crippen molar-refractivity contribution in [2.24, 2.45) is 0 Å². The molecule has 0 aromatic rings. The third kappa shape index (κ3) is 47.4. The van der Waals surface area contributed by atoms with E-state index >= 15 is 0 Å². The van der Waals surface area contributed by atoms with Crippen LogP contribution in [0.3, 0.4) is 0 Å². The van der Waals surface area contributed by atoms with Gasteiger partial charge in [-0.2, -0.15) is 0 Å². The van der Waals surface area contributed by atoms with E-state index in [4.69, 9.17) is 9.05 Å². The molecule has 2 N–H and O–H groups in total. The van der Waals surface area contributed by atoms with Gasteiger partial charge in [-0.3, -0.25) is 9.36 Å². The fourth-order valence-electron chi connectivity index (χ4n) is 6.76. The summed E-state index contributed by atoms with van der Waals surface area (Å²) in [5.74, 6) is -0.218. The number of nitrogens with zero attached hydrogens (tertiary/aromatic N) is 1. The Morgan fingerprint density at radius 3 is 1.45 bits per heavy atom. The molecule has 3 atom stereocenters. The van der Waals surface area contributed by atoms with Gasteiger partial charge in [0.25, 0.3) is 7.82 Å². The van der Waals surface area contributed by atoms with Gasteiger partial charge in [0.1, 0.15) is 13.2 Å². The number of amides is 1. The van der Waals surface area contributed by atoms with Gasteiger partial charge in [-0.05, 0) is 83.5 Å². The fraction of sp³-hybridized carbons (Fsp3) is 0.691. The molecular formula is C55H97N2O6P. The summed E-state index contributed by atoms with van der Waals surface area (Å²) in [5.41, 5.74) is 0. The Balaban J connectivity index is 4.25. The molecule has 368 valence electrons. The normalized spacial score (nSPS) is 14.9. The third-order valence-corrected chi connectivity index (χ3v) is 11.7. The molecule has 1 amide bonds. The van der Waals surface area contributed by atoms with E-state index in [1.165, 1.54) is 89.9 Å². The average Bonchev–Trinajstić information content (AvgIpc) is 3.25.